The molecule has 2 aromatic rings. The minimum atomic E-state index is -3.72. The second kappa shape index (κ2) is 7.40. The Bertz CT molecular complexity index is 853. The molecule has 3 rings (SSSR count). The Morgan fingerprint density at radius 1 is 1.12 bits per heavy atom. The monoisotopic (exact) mass is 425 g/mol. The van der Waals surface area contributed by atoms with Crippen LogP contribution in [0, 0.1) is 0 Å². The van der Waals surface area contributed by atoms with Crippen LogP contribution in [0.1, 0.15) is 22.6 Å². The second-order valence-electron chi connectivity index (χ2n) is 5.71. The number of nitrogens with zero attached hydrogens (tertiary/aromatic N) is 1. The minimum absolute atomic E-state index is 0. The van der Waals surface area contributed by atoms with Crippen molar-refractivity contribution in [3.05, 3.63) is 63.1 Å². The second-order valence-corrected chi connectivity index (χ2v) is 9.12. The van der Waals surface area contributed by atoms with Gasteiger partial charge in [0.2, 0.25) is 0 Å². The van der Waals surface area contributed by atoms with Gasteiger partial charge in [0.05, 0.1) is 4.90 Å². The summed E-state index contributed by atoms with van der Waals surface area (Å²) in [7, 11) is 3.68. The summed E-state index contributed by atoms with van der Waals surface area (Å²) in [6.45, 7) is 1.56. The highest BCUT2D eigenvalue weighted by molar-refractivity contribution is 8.13. The van der Waals surface area contributed by atoms with Crippen molar-refractivity contribution in [2.45, 2.75) is 17.4 Å². The Kier molecular flexibility index (Phi) is 6.12. The summed E-state index contributed by atoms with van der Waals surface area (Å²) in [6, 6.07) is 10.3. The molecule has 0 fully saturated rings. The molecule has 2 aromatic carbocycles. The Hall–Kier alpha value is -0.490. The summed E-state index contributed by atoms with van der Waals surface area (Å²) < 4.78 is 22.8. The minimum Gasteiger partial charge on any atom is -0.301 e. The van der Waals surface area contributed by atoms with Gasteiger partial charge in [0.1, 0.15) is 0 Å². The summed E-state index contributed by atoms with van der Waals surface area (Å²) >= 11 is 12.5. The Morgan fingerprint density at radius 2 is 1.75 bits per heavy atom. The first-order valence-electron chi connectivity index (χ1n) is 6.96. The molecule has 1 heterocycles. The normalized spacial score (nSPS) is 17.9. The van der Waals surface area contributed by atoms with Gasteiger partial charge < -0.3 is 4.90 Å². The molecule has 0 spiro atoms. The van der Waals surface area contributed by atoms with Crippen LogP contribution in [0.25, 0.3) is 0 Å². The summed E-state index contributed by atoms with van der Waals surface area (Å²) in [5.41, 5.74) is 3.14. The molecular weight excluding hydrogens is 412 g/mol. The number of likely N-dealkylation sites (N-methyl/N-ethyl adjacent to an activating group) is 1. The van der Waals surface area contributed by atoms with E-state index in [1.165, 1.54) is 12.1 Å². The van der Waals surface area contributed by atoms with Crippen molar-refractivity contribution in [3.63, 3.8) is 0 Å². The maximum absolute atomic E-state index is 11.4. The lowest BCUT2D eigenvalue weighted by molar-refractivity contribution is 0.295. The van der Waals surface area contributed by atoms with Crippen molar-refractivity contribution >= 4 is 55.3 Å². The van der Waals surface area contributed by atoms with Crippen LogP contribution in [-0.2, 0) is 15.6 Å². The molecule has 1 atom stereocenters. The van der Waals surface area contributed by atoms with Crippen molar-refractivity contribution in [3.8, 4) is 0 Å². The van der Waals surface area contributed by atoms with Crippen molar-refractivity contribution < 1.29 is 8.42 Å². The molecule has 0 N–H and O–H groups in total. The quantitative estimate of drug-likeness (QED) is 0.639. The molecule has 0 aliphatic carbocycles. The van der Waals surface area contributed by atoms with Gasteiger partial charge in [-0.1, -0.05) is 35.3 Å². The highest BCUT2D eigenvalue weighted by Gasteiger charge is 2.27. The molecule has 0 amide bonds. The molecule has 0 radical (unpaired) electrons. The number of halogens is 4. The fourth-order valence-corrected chi connectivity index (χ4v) is 4.33. The third kappa shape index (κ3) is 4.01. The van der Waals surface area contributed by atoms with Crippen molar-refractivity contribution in [1.82, 2.24) is 4.90 Å². The van der Waals surface area contributed by atoms with Crippen LogP contribution in [0.3, 0.4) is 0 Å². The van der Waals surface area contributed by atoms with E-state index in [4.69, 9.17) is 33.9 Å². The summed E-state index contributed by atoms with van der Waals surface area (Å²) in [6.07, 6.45) is 0. The van der Waals surface area contributed by atoms with Crippen LogP contribution >= 0.6 is 46.3 Å². The van der Waals surface area contributed by atoms with Crippen LogP contribution in [0.15, 0.2) is 41.3 Å². The average molecular weight is 427 g/mol. The molecule has 1 aliphatic rings. The Labute approximate surface area is 162 Å². The lowest BCUT2D eigenvalue weighted by Crippen LogP contribution is -2.31. The van der Waals surface area contributed by atoms with Crippen LogP contribution in [0.4, 0.5) is 0 Å². The summed E-state index contributed by atoms with van der Waals surface area (Å²) in [5, 5.41) is 1.26. The number of rotatable bonds is 2. The van der Waals surface area contributed by atoms with E-state index in [1.807, 2.05) is 13.1 Å². The van der Waals surface area contributed by atoms with E-state index in [9.17, 15) is 8.42 Å². The summed E-state index contributed by atoms with van der Waals surface area (Å²) in [4.78, 5) is 2.27. The zero-order valence-electron chi connectivity index (χ0n) is 12.7. The molecule has 24 heavy (non-hydrogen) atoms. The van der Waals surface area contributed by atoms with E-state index in [0.717, 1.165) is 29.8 Å². The van der Waals surface area contributed by atoms with E-state index in [2.05, 4.69) is 4.90 Å². The lowest BCUT2D eigenvalue weighted by atomic mass is 9.85. The first kappa shape index (κ1) is 19.8. The van der Waals surface area contributed by atoms with Gasteiger partial charge in [-0.25, -0.2) is 8.42 Å². The van der Waals surface area contributed by atoms with Gasteiger partial charge in [0.15, 0.2) is 0 Å². The molecule has 130 valence electrons. The first-order valence-corrected chi connectivity index (χ1v) is 10.0. The largest absolute Gasteiger partial charge is 0.301 e. The van der Waals surface area contributed by atoms with E-state index in [1.54, 1.807) is 18.2 Å². The van der Waals surface area contributed by atoms with Gasteiger partial charge in [0.25, 0.3) is 9.05 Å². The van der Waals surface area contributed by atoms with Crippen LogP contribution in [-0.4, -0.2) is 26.9 Å². The average Bonchev–Trinajstić information content (AvgIpc) is 2.47. The molecule has 8 heteroatoms. The molecule has 0 aromatic heterocycles. The maximum Gasteiger partial charge on any atom is 0.261 e. The van der Waals surface area contributed by atoms with Gasteiger partial charge in [0, 0.05) is 39.7 Å². The first-order chi connectivity index (χ1) is 10.8. The molecule has 3 nitrogen and oxygen atoms in total. The molecule has 1 aliphatic heterocycles. The highest BCUT2D eigenvalue weighted by Crippen LogP contribution is 2.38. The van der Waals surface area contributed by atoms with E-state index < -0.39 is 9.05 Å². The predicted octanol–water partition coefficient (Wildman–Crippen LogP) is 4.92. The SMILES string of the molecule is CN1Cc2c(Cl)cc(Cl)cc2[C@H](c2ccc(S(=O)(=O)Cl)cc2)C1.Cl. The third-order valence-corrected chi connectivity index (χ3v) is 5.98. The topological polar surface area (TPSA) is 37.4 Å². The fourth-order valence-electron chi connectivity index (χ4n) is 2.99. The predicted molar refractivity (Wildman–Crippen MR) is 101 cm³/mol. The molecule has 0 bridgehead atoms. The zero-order chi connectivity index (χ0) is 16.8. The standard InChI is InChI=1S/C16H14Cl3NO2S.ClH/c1-20-8-14(10-2-4-12(5-3-10)23(19,21)22)13-6-11(17)7-16(18)15(13)9-20;/h2-7,14H,8-9H2,1H3;1H/t14-;/m0./s1. The van der Waals surface area contributed by atoms with Gasteiger partial charge >= 0.3 is 0 Å². The molecule has 0 unspecified atom stereocenters. The number of benzene rings is 2. The Balaban J connectivity index is 0.00000208. The third-order valence-electron chi connectivity index (χ3n) is 4.06. The van der Waals surface area contributed by atoms with Crippen LogP contribution in [0.2, 0.25) is 10.0 Å². The maximum atomic E-state index is 11.4. The summed E-state index contributed by atoms with van der Waals surface area (Å²) in [5.74, 6) is 0.0760. The number of hydrogen-bond donors (Lipinski definition) is 0. The van der Waals surface area contributed by atoms with Gasteiger partial charge in [-0.2, -0.15) is 0 Å². The number of fused-ring (bicyclic) bond motifs is 1. The highest BCUT2D eigenvalue weighted by atomic mass is 35.7. The van der Waals surface area contributed by atoms with Crippen molar-refractivity contribution in [2.75, 3.05) is 13.6 Å². The Morgan fingerprint density at radius 3 is 2.33 bits per heavy atom. The van der Waals surface area contributed by atoms with Crippen LogP contribution < -0.4 is 0 Å². The van der Waals surface area contributed by atoms with E-state index >= 15 is 0 Å². The van der Waals surface area contributed by atoms with E-state index in [-0.39, 0.29) is 23.2 Å². The smallest absolute Gasteiger partial charge is 0.261 e. The lowest BCUT2D eigenvalue weighted by Gasteiger charge is -2.33. The van der Waals surface area contributed by atoms with E-state index in [0.29, 0.717) is 10.0 Å². The van der Waals surface area contributed by atoms with Gasteiger partial charge in [-0.15, -0.1) is 12.4 Å². The molecule has 0 saturated heterocycles. The van der Waals surface area contributed by atoms with Gasteiger partial charge in [-0.3, -0.25) is 0 Å². The van der Waals surface area contributed by atoms with Crippen molar-refractivity contribution in [2.24, 2.45) is 0 Å². The number of hydrogen-bond acceptors (Lipinski definition) is 3. The van der Waals surface area contributed by atoms with Crippen LogP contribution in [0.5, 0.6) is 0 Å². The fraction of sp³-hybridized carbons (Fsp3) is 0.250. The molecular formula is C16H15Cl4NO2S. The molecule has 0 saturated carbocycles. The van der Waals surface area contributed by atoms with Crippen molar-refractivity contribution in [1.29, 1.82) is 0 Å². The zero-order valence-corrected chi connectivity index (χ0v) is 16.6. The van der Waals surface area contributed by atoms with Gasteiger partial charge in [-0.05, 0) is 48.0 Å².